The molecule has 0 spiro atoms. The average Bonchev–Trinajstić information content (AvgIpc) is 3.18. The van der Waals surface area contributed by atoms with Crippen LogP contribution in [0.1, 0.15) is 15.9 Å². The Morgan fingerprint density at radius 2 is 1.85 bits per heavy atom. The molecule has 1 aromatic heterocycles. The molecule has 3 aromatic carbocycles. The number of anilines is 1. The first-order chi connectivity index (χ1) is 16.2. The number of amidine groups is 1. The Morgan fingerprint density at radius 1 is 1.06 bits per heavy atom. The van der Waals surface area contributed by atoms with Crippen LogP contribution in [0.3, 0.4) is 0 Å². The molecule has 0 aliphatic carbocycles. The first-order valence-electron chi connectivity index (χ1n) is 10.4. The summed E-state index contributed by atoms with van der Waals surface area (Å²) in [6, 6.07) is 23.5. The van der Waals surface area contributed by atoms with E-state index < -0.39 is 0 Å². The van der Waals surface area contributed by atoms with Crippen LogP contribution in [0.15, 0.2) is 77.8 Å². The van der Waals surface area contributed by atoms with Crippen LogP contribution in [0.2, 0.25) is 0 Å². The number of para-hydroxylation sites is 1. The first kappa shape index (κ1) is 21.1. The zero-order valence-corrected chi connectivity index (χ0v) is 19.1. The van der Waals surface area contributed by atoms with Crippen molar-refractivity contribution in [2.24, 2.45) is 4.99 Å². The van der Waals surface area contributed by atoms with Crippen molar-refractivity contribution in [3.63, 3.8) is 0 Å². The molecule has 0 unspecified atom stereocenters. The summed E-state index contributed by atoms with van der Waals surface area (Å²) < 4.78 is 12.2. The van der Waals surface area contributed by atoms with Gasteiger partial charge >= 0.3 is 5.97 Å². The number of fused-ring (bicyclic) bond motifs is 1. The molecular formula is C25H22N4O3S. The van der Waals surface area contributed by atoms with Gasteiger partial charge in [0.05, 0.1) is 43.2 Å². The van der Waals surface area contributed by atoms with Gasteiger partial charge in [-0.15, -0.1) is 0 Å². The maximum absolute atomic E-state index is 12.0. The molecule has 33 heavy (non-hydrogen) atoms. The van der Waals surface area contributed by atoms with Crippen molar-refractivity contribution in [1.82, 2.24) is 9.55 Å². The number of carbonyl (C=O) groups is 1. The maximum Gasteiger partial charge on any atom is 0.337 e. The Bertz CT molecular complexity index is 1330. The number of rotatable bonds is 6. The molecular weight excluding hydrogens is 436 g/mol. The zero-order chi connectivity index (χ0) is 22.8. The van der Waals surface area contributed by atoms with Gasteiger partial charge < -0.3 is 18.9 Å². The first-order valence-corrected chi connectivity index (χ1v) is 11.4. The number of nitrogens with zero attached hydrogens (tertiary/aromatic N) is 4. The van der Waals surface area contributed by atoms with E-state index in [2.05, 4.69) is 21.6 Å². The van der Waals surface area contributed by atoms with Crippen molar-refractivity contribution in [2.75, 3.05) is 25.0 Å². The number of hydrogen-bond donors (Lipinski definition) is 0. The number of ether oxygens (including phenoxy) is 2. The molecule has 4 aromatic rings. The van der Waals surface area contributed by atoms with Gasteiger partial charge in [0.2, 0.25) is 5.95 Å². The monoisotopic (exact) mass is 458 g/mol. The highest BCUT2D eigenvalue weighted by Gasteiger charge is 2.26. The van der Waals surface area contributed by atoms with Crippen LogP contribution in [-0.4, -0.2) is 40.8 Å². The van der Waals surface area contributed by atoms with E-state index in [1.807, 2.05) is 48.5 Å². The van der Waals surface area contributed by atoms with Crippen molar-refractivity contribution in [3.05, 3.63) is 83.9 Å². The minimum absolute atomic E-state index is 0.390. The van der Waals surface area contributed by atoms with E-state index in [4.69, 9.17) is 19.5 Å². The number of thioether (sulfide) groups is 1. The van der Waals surface area contributed by atoms with Crippen molar-refractivity contribution in [3.8, 4) is 5.75 Å². The van der Waals surface area contributed by atoms with Gasteiger partial charge in [-0.1, -0.05) is 42.1 Å². The Morgan fingerprint density at radius 3 is 2.52 bits per heavy atom. The van der Waals surface area contributed by atoms with Crippen molar-refractivity contribution in [2.45, 2.75) is 6.54 Å². The van der Waals surface area contributed by atoms with E-state index in [0.29, 0.717) is 23.6 Å². The molecule has 0 bridgehead atoms. The Hall–Kier alpha value is -3.78. The summed E-state index contributed by atoms with van der Waals surface area (Å²) in [5.74, 6) is 1.85. The fourth-order valence-electron chi connectivity index (χ4n) is 3.67. The normalized spacial score (nSPS) is 14.4. The second-order valence-electron chi connectivity index (χ2n) is 7.47. The van der Waals surface area contributed by atoms with Gasteiger partial charge in [0.1, 0.15) is 5.75 Å². The number of aromatic nitrogens is 2. The number of methoxy groups -OCH3 is 2. The average molecular weight is 459 g/mol. The van der Waals surface area contributed by atoms with Gasteiger partial charge in [-0.25, -0.2) is 9.78 Å². The van der Waals surface area contributed by atoms with Gasteiger partial charge in [0.15, 0.2) is 5.17 Å². The molecule has 0 atom stereocenters. The molecule has 0 amide bonds. The molecule has 5 rings (SSSR count). The number of esters is 1. The molecule has 2 heterocycles. The quantitative estimate of drug-likeness (QED) is 0.376. The van der Waals surface area contributed by atoms with Crippen LogP contribution in [0.5, 0.6) is 5.75 Å². The smallest absolute Gasteiger partial charge is 0.337 e. The lowest BCUT2D eigenvalue weighted by atomic mass is 10.2. The molecule has 7 nitrogen and oxygen atoms in total. The highest BCUT2D eigenvalue weighted by atomic mass is 32.2. The van der Waals surface area contributed by atoms with E-state index in [-0.39, 0.29) is 5.97 Å². The summed E-state index contributed by atoms with van der Waals surface area (Å²) >= 11 is 1.68. The second-order valence-corrected chi connectivity index (χ2v) is 8.38. The lowest BCUT2D eigenvalue weighted by Gasteiger charge is -2.33. The summed E-state index contributed by atoms with van der Waals surface area (Å²) in [7, 11) is 3.03. The minimum Gasteiger partial charge on any atom is -0.497 e. The van der Waals surface area contributed by atoms with Crippen molar-refractivity contribution >= 4 is 45.6 Å². The largest absolute Gasteiger partial charge is 0.497 e. The number of carbonyl (C=O) groups excluding carboxylic acids is 1. The topological polar surface area (TPSA) is 69.0 Å². The summed E-state index contributed by atoms with van der Waals surface area (Å²) in [6.45, 7) is 0.584. The number of imidazole rings is 1. The van der Waals surface area contributed by atoms with E-state index in [0.717, 1.165) is 33.6 Å². The van der Waals surface area contributed by atoms with Crippen LogP contribution in [-0.2, 0) is 11.3 Å². The van der Waals surface area contributed by atoms with Crippen molar-refractivity contribution in [1.29, 1.82) is 0 Å². The zero-order valence-electron chi connectivity index (χ0n) is 18.3. The highest BCUT2D eigenvalue weighted by Crippen LogP contribution is 2.33. The van der Waals surface area contributed by atoms with Crippen LogP contribution >= 0.6 is 11.8 Å². The number of hydrogen-bond acceptors (Lipinski definition) is 6. The molecule has 8 heteroatoms. The Kier molecular flexibility index (Phi) is 5.75. The van der Waals surface area contributed by atoms with Gasteiger partial charge in [0.25, 0.3) is 0 Å². The van der Waals surface area contributed by atoms with Gasteiger partial charge in [-0.3, -0.25) is 0 Å². The van der Waals surface area contributed by atoms with Crippen LogP contribution in [0.4, 0.5) is 11.6 Å². The third kappa shape index (κ3) is 4.17. The summed E-state index contributed by atoms with van der Waals surface area (Å²) in [6.07, 6.45) is 0. The molecule has 166 valence electrons. The molecule has 0 N–H and O–H groups in total. The van der Waals surface area contributed by atoms with Crippen LogP contribution in [0, 0.1) is 0 Å². The van der Waals surface area contributed by atoms with Gasteiger partial charge in [-0.05, 0) is 48.0 Å². The predicted molar refractivity (Wildman–Crippen MR) is 132 cm³/mol. The maximum atomic E-state index is 12.0. The lowest BCUT2D eigenvalue weighted by molar-refractivity contribution is 0.0601. The molecule has 1 fully saturated rings. The third-order valence-corrected chi connectivity index (χ3v) is 6.42. The van der Waals surface area contributed by atoms with E-state index in [1.165, 1.54) is 7.11 Å². The highest BCUT2D eigenvalue weighted by molar-refractivity contribution is 8.16. The van der Waals surface area contributed by atoms with E-state index in [9.17, 15) is 4.79 Å². The van der Waals surface area contributed by atoms with Crippen molar-refractivity contribution < 1.29 is 14.3 Å². The fourth-order valence-corrected chi connectivity index (χ4v) is 4.45. The standard InChI is InChI=1S/C25H22N4O3S/c1-31-20-11-8-17(9-12-20)15-28-22-13-10-18(23(30)32-2)14-21(22)26-24(28)27-25-29(16-33-25)19-6-4-3-5-7-19/h3-14H,15-16H2,1-2H3/b27-25-. The fraction of sp³-hybridized carbons (Fsp3) is 0.160. The molecule has 0 radical (unpaired) electrons. The Balaban J connectivity index is 1.56. The SMILES string of the molecule is COC(=O)c1ccc2c(c1)nc(/N=C1\SCN1c1ccccc1)n2Cc1ccc(OC)cc1. The number of benzene rings is 3. The summed E-state index contributed by atoms with van der Waals surface area (Å²) in [4.78, 5) is 23.9. The van der Waals surface area contributed by atoms with Crippen LogP contribution in [0.25, 0.3) is 11.0 Å². The number of aliphatic imine (C=N–C) groups is 1. The molecule has 1 saturated heterocycles. The molecule has 1 aliphatic heterocycles. The second kappa shape index (κ2) is 8.99. The summed E-state index contributed by atoms with van der Waals surface area (Å²) in [5.41, 5.74) is 4.24. The molecule has 0 saturated carbocycles. The minimum atomic E-state index is -0.390. The summed E-state index contributed by atoms with van der Waals surface area (Å²) in [5, 5.41) is 0.890. The Labute approximate surface area is 195 Å². The van der Waals surface area contributed by atoms with E-state index >= 15 is 0 Å². The van der Waals surface area contributed by atoms with Gasteiger partial charge in [0, 0.05) is 5.69 Å². The lowest BCUT2D eigenvalue weighted by Crippen LogP contribution is -2.38. The molecule has 1 aliphatic rings. The van der Waals surface area contributed by atoms with Crippen LogP contribution < -0.4 is 9.64 Å². The predicted octanol–water partition coefficient (Wildman–Crippen LogP) is 5.08. The van der Waals surface area contributed by atoms with E-state index in [1.54, 1.807) is 31.0 Å². The van der Waals surface area contributed by atoms with Gasteiger partial charge in [-0.2, -0.15) is 4.99 Å². The third-order valence-electron chi connectivity index (χ3n) is 5.47.